The van der Waals surface area contributed by atoms with Gasteiger partial charge in [0.25, 0.3) is 0 Å². The Morgan fingerprint density at radius 1 is 0.778 bits per heavy atom. The molecule has 0 fully saturated rings. The summed E-state index contributed by atoms with van der Waals surface area (Å²) in [5, 5.41) is 0. The maximum atomic E-state index is 2.23. The monoisotopic (exact) mass is 303 g/mol. The van der Waals surface area contributed by atoms with Crippen molar-refractivity contribution in [3.63, 3.8) is 0 Å². The van der Waals surface area contributed by atoms with Crippen LogP contribution in [0.15, 0.2) is 24.3 Å². The van der Waals surface area contributed by atoms with Crippen LogP contribution >= 0.6 is 0 Å². The Morgan fingerprint density at radius 2 is 1.22 bits per heavy atom. The first-order valence-electron chi connectivity index (χ1n) is 3.32. The second-order valence-electron chi connectivity index (χ2n) is 2.14. The summed E-state index contributed by atoms with van der Waals surface area (Å²) in [6.45, 7) is 0. The maximum Gasteiger partial charge on any atom is 2.00 e. The second kappa shape index (κ2) is 6.29. The molecular weight excluding hydrogens is 291 g/mol. The van der Waals surface area contributed by atoms with Crippen molar-refractivity contribution in [2.75, 3.05) is 0 Å². The van der Waals surface area contributed by atoms with E-state index in [0.29, 0.717) is 0 Å². The molecule has 0 unspecified atom stereocenters. The summed E-state index contributed by atoms with van der Waals surface area (Å²) in [5.41, 5.74) is 0. The van der Waals surface area contributed by atoms with E-state index in [1.54, 1.807) is 0 Å². The van der Waals surface area contributed by atoms with E-state index in [9.17, 15) is 0 Å². The molecule has 0 aromatic heterocycles. The molecule has 0 aromatic carbocycles. The van der Waals surface area contributed by atoms with Crippen LogP contribution in [-0.2, 0) is 21.1 Å². The van der Waals surface area contributed by atoms with Gasteiger partial charge >= 0.3 is 21.1 Å². The standard InChI is InChI=1S/C8H12.Pt/c1-2-4-6-8-7-5-3-1;/h1-4H,5-8H2;/q;+2. The number of hydrogen-bond donors (Lipinski definition) is 0. The maximum absolute atomic E-state index is 2.23. The Balaban J connectivity index is 0.000000640. The summed E-state index contributed by atoms with van der Waals surface area (Å²) < 4.78 is 0. The number of hydrogen-bond acceptors (Lipinski definition) is 0. The van der Waals surface area contributed by atoms with E-state index >= 15 is 0 Å². The van der Waals surface area contributed by atoms with Crippen LogP contribution < -0.4 is 0 Å². The first-order chi connectivity index (χ1) is 4.00. The summed E-state index contributed by atoms with van der Waals surface area (Å²) in [5.74, 6) is 0. The van der Waals surface area contributed by atoms with Crippen LogP contribution in [0.5, 0.6) is 0 Å². The van der Waals surface area contributed by atoms with Gasteiger partial charge in [0.05, 0.1) is 0 Å². The van der Waals surface area contributed by atoms with Crippen molar-refractivity contribution in [2.45, 2.75) is 25.7 Å². The Labute approximate surface area is 71.3 Å². The van der Waals surface area contributed by atoms with Gasteiger partial charge in [-0.15, -0.1) is 0 Å². The van der Waals surface area contributed by atoms with Gasteiger partial charge in [-0.2, -0.15) is 0 Å². The summed E-state index contributed by atoms with van der Waals surface area (Å²) in [4.78, 5) is 0. The van der Waals surface area contributed by atoms with Gasteiger partial charge in [0, 0.05) is 0 Å². The van der Waals surface area contributed by atoms with Crippen molar-refractivity contribution in [1.29, 1.82) is 0 Å². The SMILES string of the molecule is C1=CCCCCC=C1.[Pt+2]. The molecule has 0 atom stereocenters. The van der Waals surface area contributed by atoms with Crippen molar-refractivity contribution < 1.29 is 21.1 Å². The molecule has 0 saturated carbocycles. The molecule has 0 nitrogen and oxygen atoms in total. The fourth-order valence-corrected chi connectivity index (χ4v) is 0.874. The van der Waals surface area contributed by atoms with Gasteiger partial charge in [-0.25, -0.2) is 0 Å². The molecule has 0 radical (unpaired) electrons. The molecule has 0 aromatic rings. The molecule has 0 aliphatic heterocycles. The average Bonchev–Trinajstić information content (AvgIpc) is 1.62. The molecule has 0 amide bonds. The van der Waals surface area contributed by atoms with Crippen molar-refractivity contribution in [2.24, 2.45) is 0 Å². The molecule has 1 rings (SSSR count). The quantitative estimate of drug-likeness (QED) is 0.645. The van der Waals surface area contributed by atoms with E-state index in [0.717, 1.165) is 0 Å². The van der Waals surface area contributed by atoms with Crippen molar-refractivity contribution in [1.82, 2.24) is 0 Å². The van der Waals surface area contributed by atoms with Gasteiger partial charge in [-0.3, -0.25) is 0 Å². The zero-order valence-electron chi connectivity index (χ0n) is 5.45. The summed E-state index contributed by atoms with van der Waals surface area (Å²) in [6, 6.07) is 0. The summed E-state index contributed by atoms with van der Waals surface area (Å²) in [6.07, 6.45) is 14.0. The van der Waals surface area contributed by atoms with Gasteiger partial charge in [-0.1, -0.05) is 24.3 Å². The zero-order chi connectivity index (χ0) is 5.66. The van der Waals surface area contributed by atoms with E-state index in [1.807, 2.05) is 0 Å². The van der Waals surface area contributed by atoms with Crippen LogP contribution in [0.2, 0.25) is 0 Å². The third-order valence-electron chi connectivity index (χ3n) is 1.37. The van der Waals surface area contributed by atoms with E-state index in [4.69, 9.17) is 0 Å². The molecule has 52 valence electrons. The fraction of sp³-hybridized carbons (Fsp3) is 0.500. The molecule has 0 N–H and O–H groups in total. The fourth-order valence-electron chi connectivity index (χ4n) is 0.874. The Hall–Kier alpha value is 0.168. The summed E-state index contributed by atoms with van der Waals surface area (Å²) >= 11 is 0. The third kappa shape index (κ3) is 4.66. The van der Waals surface area contributed by atoms with Crippen LogP contribution in [0.25, 0.3) is 0 Å². The first kappa shape index (κ1) is 9.17. The third-order valence-corrected chi connectivity index (χ3v) is 1.37. The van der Waals surface area contributed by atoms with Crippen LogP contribution in [0, 0.1) is 0 Å². The van der Waals surface area contributed by atoms with Crippen LogP contribution in [0.3, 0.4) is 0 Å². The average molecular weight is 303 g/mol. The van der Waals surface area contributed by atoms with Crippen LogP contribution in [0.4, 0.5) is 0 Å². The van der Waals surface area contributed by atoms with Gasteiger partial charge in [0.1, 0.15) is 0 Å². The molecule has 0 bridgehead atoms. The van der Waals surface area contributed by atoms with Gasteiger partial charge in [0.2, 0.25) is 0 Å². The zero-order valence-corrected chi connectivity index (χ0v) is 7.73. The molecule has 9 heavy (non-hydrogen) atoms. The molecule has 1 aliphatic rings. The smallest absolute Gasteiger partial charge is 0.0845 e. The molecule has 1 heteroatoms. The van der Waals surface area contributed by atoms with Crippen LogP contribution in [-0.4, -0.2) is 0 Å². The second-order valence-corrected chi connectivity index (χ2v) is 2.14. The van der Waals surface area contributed by atoms with Crippen molar-refractivity contribution >= 4 is 0 Å². The van der Waals surface area contributed by atoms with E-state index < -0.39 is 0 Å². The minimum Gasteiger partial charge on any atom is -0.0845 e. The van der Waals surface area contributed by atoms with E-state index in [1.165, 1.54) is 25.7 Å². The molecule has 1 aliphatic carbocycles. The molecule has 0 saturated heterocycles. The molecular formula is C8H12Pt+2. The predicted octanol–water partition coefficient (Wildman–Crippen LogP) is 2.67. The summed E-state index contributed by atoms with van der Waals surface area (Å²) in [7, 11) is 0. The van der Waals surface area contributed by atoms with Gasteiger partial charge in [0.15, 0.2) is 0 Å². The normalized spacial score (nSPS) is 17.8. The minimum atomic E-state index is 0. The van der Waals surface area contributed by atoms with E-state index in [2.05, 4.69) is 24.3 Å². The Bertz CT molecular complexity index is 89.1. The first-order valence-corrected chi connectivity index (χ1v) is 3.32. The largest absolute Gasteiger partial charge is 2.00 e. The van der Waals surface area contributed by atoms with Gasteiger partial charge < -0.3 is 0 Å². The number of rotatable bonds is 0. The Morgan fingerprint density at radius 3 is 1.67 bits per heavy atom. The number of allylic oxidation sites excluding steroid dienone is 4. The van der Waals surface area contributed by atoms with Crippen molar-refractivity contribution in [3.05, 3.63) is 24.3 Å². The Kier molecular flexibility index (Phi) is 6.41. The van der Waals surface area contributed by atoms with Gasteiger partial charge in [-0.05, 0) is 25.7 Å². The molecule has 0 heterocycles. The molecule has 0 spiro atoms. The topological polar surface area (TPSA) is 0 Å². The van der Waals surface area contributed by atoms with Crippen molar-refractivity contribution in [3.8, 4) is 0 Å². The predicted molar refractivity (Wildman–Crippen MR) is 36.7 cm³/mol. The minimum absolute atomic E-state index is 0. The van der Waals surface area contributed by atoms with Crippen LogP contribution in [0.1, 0.15) is 25.7 Å². The van der Waals surface area contributed by atoms with E-state index in [-0.39, 0.29) is 21.1 Å².